The Morgan fingerprint density at radius 2 is 2.15 bits per heavy atom. The Morgan fingerprint density at radius 3 is 2.90 bits per heavy atom. The molecule has 1 heterocycles. The van der Waals surface area contributed by atoms with Gasteiger partial charge in [0, 0.05) is 30.7 Å². The number of amides is 1. The minimum atomic E-state index is 0.0828. The number of hydrogen-bond acceptors (Lipinski definition) is 3. The highest BCUT2D eigenvalue weighted by Crippen LogP contribution is 2.16. The van der Waals surface area contributed by atoms with Crippen LogP contribution in [0.1, 0.15) is 11.1 Å². The first-order valence-electron chi connectivity index (χ1n) is 6.97. The number of carbonyl (C=O) groups is 1. The van der Waals surface area contributed by atoms with Crippen molar-refractivity contribution in [3.05, 3.63) is 33.8 Å². The molecule has 0 atom stereocenters. The molecule has 110 valence electrons. The average molecular weight is 341 g/mol. The lowest BCUT2D eigenvalue weighted by atomic mass is 10.1. The molecule has 1 amide bonds. The van der Waals surface area contributed by atoms with Crippen LogP contribution in [-0.4, -0.2) is 50.2 Å². The zero-order valence-electron chi connectivity index (χ0n) is 11.8. The molecule has 1 aromatic rings. The van der Waals surface area contributed by atoms with Gasteiger partial charge in [0.05, 0.1) is 19.6 Å². The topological polar surface area (TPSA) is 41.6 Å². The average Bonchev–Trinajstić information content (AvgIpc) is 2.44. The molecule has 1 N–H and O–H groups in total. The molecule has 0 aliphatic carbocycles. The van der Waals surface area contributed by atoms with E-state index in [2.05, 4.69) is 26.1 Å². The first-order valence-corrected chi connectivity index (χ1v) is 7.76. The summed E-state index contributed by atoms with van der Waals surface area (Å²) in [7, 11) is 0. The third-order valence-corrected chi connectivity index (χ3v) is 4.01. The Labute approximate surface area is 128 Å². The monoisotopic (exact) mass is 340 g/mol. The molecule has 1 fully saturated rings. The minimum absolute atomic E-state index is 0.0828. The van der Waals surface area contributed by atoms with Gasteiger partial charge in [0.25, 0.3) is 0 Å². The number of benzene rings is 1. The first-order chi connectivity index (χ1) is 9.65. The van der Waals surface area contributed by atoms with Gasteiger partial charge in [-0.05, 0) is 30.2 Å². The highest BCUT2D eigenvalue weighted by molar-refractivity contribution is 9.10. The molecule has 1 aromatic carbocycles. The Bertz CT molecular complexity index is 459. The number of ether oxygens (including phenoxy) is 1. The molecule has 0 saturated carbocycles. The van der Waals surface area contributed by atoms with E-state index in [0.29, 0.717) is 13.0 Å². The van der Waals surface area contributed by atoms with Gasteiger partial charge in [-0.1, -0.05) is 22.0 Å². The Kier molecular flexibility index (Phi) is 6.01. The van der Waals surface area contributed by atoms with Gasteiger partial charge >= 0.3 is 0 Å². The van der Waals surface area contributed by atoms with Crippen LogP contribution in [0.15, 0.2) is 22.7 Å². The fraction of sp³-hybridized carbons (Fsp3) is 0.533. The molecule has 20 heavy (non-hydrogen) atoms. The normalized spacial score (nSPS) is 16.1. The Hall–Kier alpha value is -0.910. The van der Waals surface area contributed by atoms with Gasteiger partial charge in [0.15, 0.2) is 0 Å². The van der Waals surface area contributed by atoms with Crippen LogP contribution >= 0.6 is 15.9 Å². The fourth-order valence-electron chi connectivity index (χ4n) is 2.24. The molecule has 1 aliphatic heterocycles. The van der Waals surface area contributed by atoms with Crippen molar-refractivity contribution < 1.29 is 9.53 Å². The maximum Gasteiger partial charge on any atom is 0.224 e. The van der Waals surface area contributed by atoms with E-state index in [4.69, 9.17) is 4.74 Å². The van der Waals surface area contributed by atoms with Gasteiger partial charge in [0.2, 0.25) is 5.91 Å². The van der Waals surface area contributed by atoms with Crippen molar-refractivity contribution in [3.8, 4) is 0 Å². The molecular formula is C15H21BrN2O2. The summed E-state index contributed by atoms with van der Waals surface area (Å²) < 4.78 is 6.31. The van der Waals surface area contributed by atoms with Gasteiger partial charge in [-0.25, -0.2) is 0 Å². The van der Waals surface area contributed by atoms with E-state index >= 15 is 0 Å². The van der Waals surface area contributed by atoms with Gasteiger partial charge in [-0.2, -0.15) is 0 Å². The highest BCUT2D eigenvalue weighted by Gasteiger charge is 2.11. The molecule has 2 rings (SSSR count). The molecule has 4 nitrogen and oxygen atoms in total. The standard InChI is InChI=1S/C15H21BrN2O2/c1-12-2-3-14(16)10-13(12)11-15(19)17-4-5-18-6-8-20-9-7-18/h2-3,10H,4-9,11H2,1H3,(H,17,19). The number of hydrogen-bond donors (Lipinski definition) is 1. The second kappa shape index (κ2) is 7.76. The lowest BCUT2D eigenvalue weighted by molar-refractivity contribution is -0.120. The molecule has 5 heteroatoms. The lowest BCUT2D eigenvalue weighted by Gasteiger charge is -2.26. The maximum atomic E-state index is 11.9. The first kappa shape index (κ1) is 15.5. The quantitative estimate of drug-likeness (QED) is 0.887. The lowest BCUT2D eigenvalue weighted by Crippen LogP contribution is -2.41. The third kappa shape index (κ3) is 4.89. The van der Waals surface area contributed by atoms with Crippen molar-refractivity contribution in [2.75, 3.05) is 39.4 Å². The van der Waals surface area contributed by atoms with Crippen LogP contribution in [0.4, 0.5) is 0 Å². The zero-order chi connectivity index (χ0) is 14.4. The van der Waals surface area contributed by atoms with Crippen LogP contribution in [-0.2, 0) is 16.0 Å². The molecular weight excluding hydrogens is 320 g/mol. The fourth-order valence-corrected chi connectivity index (χ4v) is 2.65. The molecule has 1 aliphatic rings. The summed E-state index contributed by atoms with van der Waals surface area (Å²) in [5.41, 5.74) is 2.22. The van der Waals surface area contributed by atoms with Crippen LogP contribution < -0.4 is 5.32 Å². The van der Waals surface area contributed by atoms with Crippen molar-refractivity contribution >= 4 is 21.8 Å². The predicted molar refractivity (Wildman–Crippen MR) is 82.9 cm³/mol. The van der Waals surface area contributed by atoms with Crippen molar-refractivity contribution in [3.63, 3.8) is 0 Å². The number of nitrogens with one attached hydrogen (secondary N) is 1. The van der Waals surface area contributed by atoms with Gasteiger partial charge in [-0.3, -0.25) is 9.69 Å². The number of nitrogens with zero attached hydrogens (tertiary/aromatic N) is 1. The van der Waals surface area contributed by atoms with Gasteiger partial charge in [0.1, 0.15) is 0 Å². The van der Waals surface area contributed by atoms with Crippen LogP contribution in [0.3, 0.4) is 0 Å². The predicted octanol–water partition coefficient (Wildman–Crippen LogP) is 1.75. The van der Waals surface area contributed by atoms with E-state index in [0.717, 1.165) is 48.4 Å². The van der Waals surface area contributed by atoms with Crippen LogP contribution in [0.25, 0.3) is 0 Å². The van der Waals surface area contributed by atoms with Crippen LogP contribution in [0, 0.1) is 6.92 Å². The number of halogens is 1. The van der Waals surface area contributed by atoms with Gasteiger partial charge < -0.3 is 10.1 Å². The maximum absolute atomic E-state index is 11.9. The second-order valence-electron chi connectivity index (χ2n) is 5.05. The van der Waals surface area contributed by atoms with E-state index in [1.54, 1.807) is 0 Å². The number of morpholine rings is 1. The molecule has 0 aromatic heterocycles. The van der Waals surface area contributed by atoms with Gasteiger partial charge in [-0.15, -0.1) is 0 Å². The SMILES string of the molecule is Cc1ccc(Br)cc1CC(=O)NCCN1CCOCC1. The van der Waals surface area contributed by atoms with Crippen LogP contribution in [0.2, 0.25) is 0 Å². The van der Waals surface area contributed by atoms with E-state index in [-0.39, 0.29) is 5.91 Å². The summed E-state index contributed by atoms with van der Waals surface area (Å²) in [6.07, 6.45) is 0.439. The summed E-state index contributed by atoms with van der Waals surface area (Å²) in [5, 5.41) is 2.99. The summed E-state index contributed by atoms with van der Waals surface area (Å²) in [6, 6.07) is 6.03. The Morgan fingerprint density at radius 1 is 1.40 bits per heavy atom. The van der Waals surface area contributed by atoms with Crippen molar-refractivity contribution in [2.45, 2.75) is 13.3 Å². The number of carbonyl (C=O) groups excluding carboxylic acids is 1. The summed E-state index contributed by atoms with van der Waals surface area (Å²) in [5.74, 6) is 0.0828. The smallest absolute Gasteiger partial charge is 0.224 e. The number of aryl methyl sites for hydroxylation is 1. The van der Waals surface area contributed by atoms with E-state index in [1.807, 2.05) is 25.1 Å². The molecule has 0 radical (unpaired) electrons. The zero-order valence-corrected chi connectivity index (χ0v) is 13.4. The minimum Gasteiger partial charge on any atom is -0.379 e. The summed E-state index contributed by atoms with van der Waals surface area (Å²) in [4.78, 5) is 14.3. The molecule has 0 bridgehead atoms. The third-order valence-electron chi connectivity index (χ3n) is 3.52. The largest absolute Gasteiger partial charge is 0.379 e. The van der Waals surface area contributed by atoms with Crippen molar-refractivity contribution in [2.24, 2.45) is 0 Å². The highest BCUT2D eigenvalue weighted by atomic mass is 79.9. The molecule has 1 saturated heterocycles. The molecule has 0 spiro atoms. The van der Waals surface area contributed by atoms with E-state index in [1.165, 1.54) is 0 Å². The number of rotatable bonds is 5. The summed E-state index contributed by atoms with van der Waals surface area (Å²) >= 11 is 3.44. The van der Waals surface area contributed by atoms with Crippen LogP contribution in [0.5, 0.6) is 0 Å². The Balaban J connectivity index is 1.73. The summed E-state index contributed by atoms with van der Waals surface area (Å²) in [6.45, 7) is 7.14. The van der Waals surface area contributed by atoms with Crippen molar-refractivity contribution in [1.82, 2.24) is 10.2 Å². The van der Waals surface area contributed by atoms with E-state index in [9.17, 15) is 4.79 Å². The van der Waals surface area contributed by atoms with Crippen molar-refractivity contribution in [1.29, 1.82) is 0 Å². The molecule has 0 unspecified atom stereocenters. The second-order valence-corrected chi connectivity index (χ2v) is 5.97. The van der Waals surface area contributed by atoms with E-state index < -0.39 is 0 Å².